The smallest absolute Gasteiger partial charge is 0.171 e. The van der Waals surface area contributed by atoms with Gasteiger partial charge in [0.25, 0.3) is 0 Å². The zero-order valence-electron chi connectivity index (χ0n) is 8.66. The first kappa shape index (κ1) is 10.6. The maximum Gasteiger partial charge on any atom is 0.171 e. The molecule has 0 aliphatic carbocycles. The number of fused-ring (bicyclic) bond motifs is 1. The number of anilines is 1. The van der Waals surface area contributed by atoms with Gasteiger partial charge < -0.3 is 10.6 Å². The fourth-order valence-electron chi connectivity index (χ4n) is 1.35. The number of nitrogens with zero attached hydrogens (tertiary/aromatic N) is 1. The molecule has 5 heteroatoms. The first-order valence-corrected chi connectivity index (χ1v) is 5.29. The number of hydrogen-bond acceptors (Lipinski definition) is 2. The van der Waals surface area contributed by atoms with Crippen molar-refractivity contribution in [1.82, 2.24) is 15.5 Å². The van der Waals surface area contributed by atoms with E-state index in [1.165, 1.54) is 0 Å². The van der Waals surface area contributed by atoms with Crippen LogP contribution in [0.4, 0.5) is 5.69 Å². The van der Waals surface area contributed by atoms with E-state index in [1.54, 1.807) is 12.3 Å². The van der Waals surface area contributed by atoms with Crippen LogP contribution in [0.2, 0.25) is 0 Å². The molecule has 0 spiro atoms. The SMILES string of the molecule is C=CCNC(=S)Nc1ccc2cn[nH]c2c1. The van der Waals surface area contributed by atoms with Crippen molar-refractivity contribution in [3.05, 3.63) is 37.1 Å². The monoisotopic (exact) mass is 232 g/mol. The predicted molar refractivity (Wildman–Crippen MR) is 70.5 cm³/mol. The highest BCUT2D eigenvalue weighted by atomic mass is 32.1. The van der Waals surface area contributed by atoms with Crippen LogP contribution in [0.15, 0.2) is 37.1 Å². The van der Waals surface area contributed by atoms with Crippen molar-refractivity contribution in [1.29, 1.82) is 0 Å². The summed E-state index contributed by atoms with van der Waals surface area (Å²) in [6.45, 7) is 4.26. The maximum atomic E-state index is 5.11. The van der Waals surface area contributed by atoms with Crippen LogP contribution < -0.4 is 10.6 Å². The quantitative estimate of drug-likeness (QED) is 0.560. The average Bonchev–Trinajstić information content (AvgIpc) is 2.73. The highest BCUT2D eigenvalue weighted by Crippen LogP contribution is 2.16. The Kier molecular flexibility index (Phi) is 3.16. The average molecular weight is 232 g/mol. The van der Waals surface area contributed by atoms with E-state index in [4.69, 9.17) is 12.2 Å². The normalized spacial score (nSPS) is 10.0. The Morgan fingerprint density at radius 1 is 1.56 bits per heavy atom. The molecule has 2 aromatic rings. The number of rotatable bonds is 3. The van der Waals surface area contributed by atoms with Crippen LogP contribution in [0.25, 0.3) is 10.9 Å². The largest absolute Gasteiger partial charge is 0.359 e. The molecule has 0 radical (unpaired) electrons. The molecular formula is C11H12N4S. The summed E-state index contributed by atoms with van der Waals surface area (Å²) in [4.78, 5) is 0. The zero-order valence-corrected chi connectivity index (χ0v) is 9.47. The predicted octanol–water partition coefficient (Wildman–Crippen LogP) is 2.04. The third-order valence-corrected chi connectivity index (χ3v) is 2.35. The molecule has 2 rings (SSSR count). The molecule has 1 aromatic heterocycles. The molecule has 0 amide bonds. The van der Waals surface area contributed by atoms with Crippen molar-refractivity contribution >= 4 is 33.9 Å². The van der Waals surface area contributed by atoms with Crippen molar-refractivity contribution in [2.24, 2.45) is 0 Å². The first-order chi connectivity index (χ1) is 7.79. The molecule has 0 fully saturated rings. The molecule has 1 heterocycles. The molecule has 3 N–H and O–H groups in total. The highest BCUT2D eigenvalue weighted by molar-refractivity contribution is 7.80. The van der Waals surface area contributed by atoms with E-state index in [9.17, 15) is 0 Å². The zero-order chi connectivity index (χ0) is 11.4. The number of aromatic amines is 1. The number of benzene rings is 1. The molecule has 0 atom stereocenters. The summed E-state index contributed by atoms with van der Waals surface area (Å²) in [5.74, 6) is 0. The molecule has 82 valence electrons. The Morgan fingerprint density at radius 3 is 3.25 bits per heavy atom. The van der Waals surface area contributed by atoms with Gasteiger partial charge in [-0.3, -0.25) is 5.10 Å². The van der Waals surface area contributed by atoms with Crippen LogP contribution in [0, 0.1) is 0 Å². The Labute approximate surface area is 98.7 Å². The van der Waals surface area contributed by atoms with Crippen LogP contribution in [0.3, 0.4) is 0 Å². The minimum Gasteiger partial charge on any atom is -0.359 e. The van der Waals surface area contributed by atoms with Crippen molar-refractivity contribution < 1.29 is 0 Å². The highest BCUT2D eigenvalue weighted by Gasteiger charge is 1.99. The number of aromatic nitrogens is 2. The van der Waals surface area contributed by atoms with Crippen LogP contribution in [0.5, 0.6) is 0 Å². The summed E-state index contributed by atoms with van der Waals surface area (Å²) in [6, 6.07) is 5.90. The number of hydrogen-bond donors (Lipinski definition) is 3. The van der Waals surface area contributed by atoms with Crippen molar-refractivity contribution in [3.8, 4) is 0 Å². The van der Waals surface area contributed by atoms with Gasteiger partial charge in [-0.15, -0.1) is 6.58 Å². The number of H-pyrrole nitrogens is 1. The number of nitrogens with one attached hydrogen (secondary N) is 3. The van der Waals surface area contributed by atoms with Gasteiger partial charge in [0.05, 0.1) is 11.7 Å². The van der Waals surface area contributed by atoms with E-state index in [0.717, 1.165) is 16.6 Å². The fraction of sp³-hybridized carbons (Fsp3) is 0.0909. The summed E-state index contributed by atoms with van der Waals surface area (Å²) in [6.07, 6.45) is 3.54. The van der Waals surface area contributed by atoms with E-state index in [0.29, 0.717) is 11.7 Å². The van der Waals surface area contributed by atoms with Crippen LogP contribution in [-0.4, -0.2) is 21.9 Å². The van der Waals surface area contributed by atoms with Crippen molar-refractivity contribution in [2.75, 3.05) is 11.9 Å². The third-order valence-electron chi connectivity index (χ3n) is 2.11. The molecule has 0 saturated heterocycles. The lowest BCUT2D eigenvalue weighted by Crippen LogP contribution is -2.28. The van der Waals surface area contributed by atoms with Crippen LogP contribution >= 0.6 is 12.2 Å². The van der Waals surface area contributed by atoms with Gasteiger partial charge in [-0.05, 0) is 30.4 Å². The van der Waals surface area contributed by atoms with E-state index in [2.05, 4.69) is 27.4 Å². The lowest BCUT2D eigenvalue weighted by Gasteiger charge is -2.08. The molecule has 0 saturated carbocycles. The molecular weight excluding hydrogens is 220 g/mol. The summed E-state index contributed by atoms with van der Waals surface area (Å²) >= 11 is 5.11. The van der Waals surface area contributed by atoms with Gasteiger partial charge in [-0.1, -0.05) is 6.08 Å². The molecule has 0 bridgehead atoms. The molecule has 4 nitrogen and oxygen atoms in total. The van der Waals surface area contributed by atoms with E-state index < -0.39 is 0 Å². The Hall–Kier alpha value is -1.88. The van der Waals surface area contributed by atoms with Gasteiger partial charge in [0, 0.05) is 17.6 Å². The second kappa shape index (κ2) is 4.76. The third kappa shape index (κ3) is 2.38. The number of thiocarbonyl (C=S) groups is 1. The molecule has 1 aromatic carbocycles. The lowest BCUT2D eigenvalue weighted by molar-refractivity contribution is 1.06. The standard InChI is InChI=1S/C11H12N4S/c1-2-5-12-11(16)14-9-4-3-8-7-13-15-10(8)6-9/h2-4,6-7H,1,5H2,(H,13,15)(H2,12,14,16). The Balaban J connectivity index is 2.08. The maximum absolute atomic E-state index is 5.11. The van der Waals surface area contributed by atoms with Gasteiger partial charge >= 0.3 is 0 Å². The summed E-state index contributed by atoms with van der Waals surface area (Å²) in [7, 11) is 0. The van der Waals surface area contributed by atoms with Gasteiger partial charge in [0.2, 0.25) is 0 Å². The Bertz CT molecular complexity index is 517. The molecule has 0 unspecified atom stereocenters. The molecule has 16 heavy (non-hydrogen) atoms. The lowest BCUT2D eigenvalue weighted by atomic mass is 10.2. The molecule has 0 aliphatic rings. The second-order valence-corrected chi connectivity index (χ2v) is 3.70. The van der Waals surface area contributed by atoms with E-state index in [-0.39, 0.29) is 0 Å². The summed E-state index contributed by atoms with van der Waals surface area (Å²) in [5.41, 5.74) is 1.91. The minimum absolute atomic E-state index is 0.582. The van der Waals surface area contributed by atoms with E-state index >= 15 is 0 Å². The van der Waals surface area contributed by atoms with Gasteiger partial charge in [0.1, 0.15) is 0 Å². The summed E-state index contributed by atoms with van der Waals surface area (Å²) in [5, 5.41) is 14.6. The van der Waals surface area contributed by atoms with E-state index in [1.807, 2.05) is 18.2 Å². The Morgan fingerprint density at radius 2 is 2.44 bits per heavy atom. The second-order valence-electron chi connectivity index (χ2n) is 3.30. The fourth-order valence-corrected chi connectivity index (χ4v) is 1.56. The van der Waals surface area contributed by atoms with Gasteiger partial charge in [0.15, 0.2) is 5.11 Å². The molecule has 0 aliphatic heterocycles. The van der Waals surface area contributed by atoms with Crippen molar-refractivity contribution in [3.63, 3.8) is 0 Å². The van der Waals surface area contributed by atoms with Crippen LogP contribution in [0.1, 0.15) is 0 Å². The summed E-state index contributed by atoms with van der Waals surface area (Å²) < 4.78 is 0. The topological polar surface area (TPSA) is 52.7 Å². The van der Waals surface area contributed by atoms with Crippen LogP contribution in [-0.2, 0) is 0 Å². The van der Waals surface area contributed by atoms with Gasteiger partial charge in [-0.25, -0.2) is 0 Å². The van der Waals surface area contributed by atoms with Gasteiger partial charge in [-0.2, -0.15) is 5.10 Å². The first-order valence-electron chi connectivity index (χ1n) is 4.88. The van der Waals surface area contributed by atoms with Crippen molar-refractivity contribution in [2.45, 2.75) is 0 Å². The minimum atomic E-state index is 0.582.